The molecule has 0 aliphatic carbocycles. The number of aryl methyl sites for hydroxylation is 2. The molecule has 1 amide bonds. The van der Waals surface area contributed by atoms with E-state index in [4.69, 9.17) is 9.15 Å². The number of fused-ring (bicyclic) bond motifs is 1. The van der Waals surface area contributed by atoms with Crippen LogP contribution >= 0.6 is 0 Å². The molecule has 3 heterocycles. The number of oxazole rings is 1. The topological polar surface area (TPSA) is 99.2 Å². The minimum Gasteiger partial charge on any atom is -0.465 e. The summed E-state index contributed by atoms with van der Waals surface area (Å²) in [7, 11) is 1.35. The summed E-state index contributed by atoms with van der Waals surface area (Å²) in [6.07, 6.45) is 2.79. The van der Waals surface area contributed by atoms with E-state index in [1.54, 1.807) is 6.92 Å². The molecule has 1 aliphatic rings. The molecule has 8 nitrogen and oxygen atoms in total. The lowest BCUT2D eigenvalue weighted by atomic mass is 10.0. The summed E-state index contributed by atoms with van der Waals surface area (Å²) < 4.78 is 12.4. The second-order valence-corrected chi connectivity index (χ2v) is 6.91. The number of ether oxygens (including phenoxy) is 1. The number of amides is 1. The number of methoxy groups -OCH3 is 1. The maximum absolute atomic E-state index is 12.7. The van der Waals surface area contributed by atoms with Gasteiger partial charge in [0.05, 0.1) is 25.0 Å². The van der Waals surface area contributed by atoms with Crippen LogP contribution in [0.15, 0.2) is 34.7 Å². The van der Waals surface area contributed by atoms with Crippen molar-refractivity contribution in [3.63, 3.8) is 0 Å². The summed E-state index contributed by atoms with van der Waals surface area (Å²) in [5.41, 5.74) is 2.84. The summed E-state index contributed by atoms with van der Waals surface area (Å²) in [5.74, 6) is 0.0104. The first-order valence-electron chi connectivity index (χ1n) is 9.56. The summed E-state index contributed by atoms with van der Waals surface area (Å²) >= 11 is 0. The van der Waals surface area contributed by atoms with Crippen molar-refractivity contribution in [1.82, 2.24) is 20.1 Å². The summed E-state index contributed by atoms with van der Waals surface area (Å²) in [5, 5.41) is 7.32. The smallest absolute Gasteiger partial charge is 0.341 e. The number of nitrogens with one attached hydrogen (secondary N) is 1. The Kier molecular flexibility index (Phi) is 5.16. The monoisotopic (exact) mass is 394 g/mol. The number of benzene rings is 1. The van der Waals surface area contributed by atoms with Crippen molar-refractivity contribution in [3.05, 3.63) is 58.7 Å². The second kappa shape index (κ2) is 7.90. The van der Waals surface area contributed by atoms with Crippen molar-refractivity contribution in [2.45, 2.75) is 39.3 Å². The van der Waals surface area contributed by atoms with Gasteiger partial charge < -0.3 is 14.5 Å². The van der Waals surface area contributed by atoms with Crippen molar-refractivity contribution in [1.29, 1.82) is 0 Å². The lowest BCUT2D eigenvalue weighted by molar-refractivity contribution is 0.0597. The van der Waals surface area contributed by atoms with E-state index in [1.165, 1.54) is 7.11 Å². The van der Waals surface area contributed by atoms with Gasteiger partial charge >= 0.3 is 5.97 Å². The van der Waals surface area contributed by atoms with Crippen molar-refractivity contribution in [3.8, 4) is 11.5 Å². The molecule has 0 saturated heterocycles. The van der Waals surface area contributed by atoms with Gasteiger partial charge in [-0.1, -0.05) is 18.2 Å². The molecule has 150 valence electrons. The van der Waals surface area contributed by atoms with E-state index in [-0.39, 0.29) is 18.1 Å². The minimum atomic E-state index is -0.429. The lowest BCUT2D eigenvalue weighted by Gasteiger charge is -2.13. The molecular weight excluding hydrogens is 372 g/mol. The van der Waals surface area contributed by atoms with E-state index in [9.17, 15) is 9.59 Å². The fraction of sp³-hybridized carbons (Fsp3) is 0.333. The zero-order valence-corrected chi connectivity index (χ0v) is 16.4. The fourth-order valence-corrected chi connectivity index (χ4v) is 3.57. The Bertz CT molecular complexity index is 1050. The Morgan fingerprint density at radius 1 is 1.24 bits per heavy atom. The average Bonchev–Trinajstić information content (AvgIpc) is 3.32. The van der Waals surface area contributed by atoms with E-state index >= 15 is 0 Å². The van der Waals surface area contributed by atoms with Crippen LogP contribution in [0.3, 0.4) is 0 Å². The number of carbonyl (C=O) groups excluding carboxylic acids is 2. The van der Waals surface area contributed by atoms with Gasteiger partial charge in [-0.25, -0.2) is 9.78 Å². The van der Waals surface area contributed by atoms with Crippen LogP contribution < -0.4 is 5.32 Å². The number of rotatable bonds is 5. The number of hydrogen-bond acceptors (Lipinski definition) is 6. The Hall–Kier alpha value is -3.42. The molecule has 4 rings (SSSR count). The highest BCUT2D eigenvalue weighted by Crippen LogP contribution is 2.24. The van der Waals surface area contributed by atoms with Crippen LogP contribution in [0.5, 0.6) is 0 Å². The fourth-order valence-electron chi connectivity index (χ4n) is 3.57. The van der Waals surface area contributed by atoms with Gasteiger partial charge in [0.15, 0.2) is 5.69 Å². The molecule has 29 heavy (non-hydrogen) atoms. The first-order chi connectivity index (χ1) is 14.1. The van der Waals surface area contributed by atoms with E-state index in [0.29, 0.717) is 22.9 Å². The van der Waals surface area contributed by atoms with Gasteiger partial charge in [-0.15, -0.1) is 0 Å². The number of carbonyl (C=O) groups is 2. The van der Waals surface area contributed by atoms with Crippen molar-refractivity contribution in [2.24, 2.45) is 0 Å². The van der Waals surface area contributed by atoms with Crippen LogP contribution in [0, 0.1) is 6.92 Å². The van der Waals surface area contributed by atoms with Gasteiger partial charge in [-0.05, 0) is 38.3 Å². The van der Waals surface area contributed by atoms with Gasteiger partial charge in [0.1, 0.15) is 11.3 Å². The number of esters is 1. The molecule has 0 spiro atoms. The summed E-state index contributed by atoms with van der Waals surface area (Å²) in [6.45, 7) is 2.57. The third kappa shape index (κ3) is 3.65. The van der Waals surface area contributed by atoms with Crippen LogP contribution in [0.1, 0.15) is 50.8 Å². The van der Waals surface area contributed by atoms with Gasteiger partial charge in [0.25, 0.3) is 5.91 Å². The van der Waals surface area contributed by atoms with Crippen LogP contribution in [0.4, 0.5) is 0 Å². The highest BCUT2D eigenvalue weighted by atomic mass is 16.5. The largest absolute Gasteiger partial charge is 0.465 e. The van der Waals surface area contributed by atoms with Crippen molar-refractivity contribution < 1.29 is 18.7 Å². The minimum absolute atomic E-state index is 0.107. The predicted molar refractivity (Wildman–Crippen MR) is 104 cm³/mol. The number of nitrogens with zero attached hydrogens (tertiary/aromatic N) is 3. The normalized spacial score (nSPS) is 13.0. The van der Waals surface area contributed by atoms with Crippen LogP contribution in [-0.4, -0.2) is 33.8 Å². The second-order valence-electron chi connectivity index (χ2n) is 6.91. The molecule has 0 bridgehead atoms. The Morgan fingerprint density at radius 3 is 2.79 bits per heavy atom. The number of aromatic nitrogens is 3. The zero-order valence-electron chi connectivity index (χ0n) is 16.4. The third-order valence-electron chi connectivity index (χ3n) is 5.00. The molecule has 1 aromatic carbocycles. The predicted octanol–water partition coefficient (Wildman–Crippen LogP) is 2.90. The quantitative estimate of drug-likeness (QED) is 0.668. The highest BCUT2D eigenvalue weighted by Gasteiger charge is 2.27. The van der Waals surface area contributed by atoms with Crippen molar-refractivity contribution in [2.75, 3.05) is 7.11 Å². The van der Waals surface area contributed by atoms with Crippen LogP contribution in [0.2, 0.25) is 0 Å². The van der Waals surface area contributed by atoms with Crippen LogP contribution in [0.25, 0.3) is 11.5 Å². The van der Waals surface area contributed by atoms with Crippen molar-refractivity contribution >= 4 is 11.9 Å². The molecule has 3 aromatic rings. The lowest BCUT2D eigenvalue weighted by Crippen LogP contribution is -2.25. The number of hydrogen-bond donors (Lipinski definition) is 1. The molecule has 0 unspecified atom stereocenters. The molecular formula is C21H22N4O4. The molecule has 2 aromatic heterocycles. The highest BCUT2D eigenvalue weighted by molar-refractivity contribution is 5.94. The van der Waals surface area contributed by atoms with Gasteiger partial charge in [-0.3, -0.25) is 9.48 Å². The molecule has 0 fully saturated rings. The SMILES string of the molecule is COC(=O)c1c(CNC(=O)c2nc(-c3ccccc3)oc2C)nn2c1CCCC2. The van der Waals surface area contributed by atoms with Gasteiger partial charge in [-0.2, -0.15) is 5.10 Å². The third-order valence-corrected chi connectivity index (χ3v) is 5.00. The summed E-state index contributed by atoms with van der Waals surface area (Å²) in [6, 6.07) is 9.39. The molecule has 0 saturated carbocycles. The molecule has 1 N–H and O–H groups in total. The zero-order chi connectivity index (χ0) is 20.4. The Balaban J connectivity index is 1.54. The van der Waals surface area contributed by atoms with Crippen LogP contribution in [-0.2, 0) is 24.2 Å². The van der Waals surface area contributed by atoms with E-state index in [0.717, 1.165) is 37.1 Å². The van der Waals surface area contributed by atoms with Gasteiger partial charge in [0.2, 0.25) is 5.89 Å². The maximum atomic E-state index is 12.7. The van der Waals surface area contributed by atoms with E-state index < -0.39 is 5.97 Å². The summed E-state index contributed by atoms with van der Waals surface area (Å²) in [4.78, 5) is 29.3. The van der Waals surface area contributed by atoms with E-state index in [2.05, 4.69) is 15.4 Å². The molecule has 8 heteroatoms. The standard InChI is InChI=1S/C21H22N4O4/c1-13-18(23-20(29-13)14-8-4-3-5-9-14)19(26)22-12-15-17(21(27)28-2)16-10-6-7-11-25(16)24-15/h3-5,8-9H,6-7,10-12H2,1-2H3,(H,22,26). The van der Waals surface area contributed by atoms with E-state index in [1.807, 2.05) is 35.0 Å². The Morgan fingerprint density at radius 2 is 2.03 bits per heavy atom. The molecule has 0 radical (unpaired) electrons. The maximum Gasteiger partial charge on any atom is 0.341 e. The average molecular weight is 394 g/mol. The van der Waals surface area contributed by atoms with Gasteiger partial charge in [0, 0.05) is 12.1 Å². The molecule has 1 aliphatic heterocycles. The first kappa shape index (κ1) is 18.9. The first-order valence-corrected chi connectivity index (χ1v) is 9.56. The Labute approximate surface area is 167 Å². The molecule has 0 atom stereocenters.